The van der Waals surface area contributed by atoms with Crippen molar-refractivity contribution in [2.75, 3.05) is 46.9 Å². The Balaban J connectivity index is 4.08. The largest absolute Gasteiger partial charge is 0.382 e. The lowest BCUT2D eigenvalue weighted by atomic mass is 10.1. The van der Waals surface area contributed by atoms with Gasteiger partial charge >= 0.3 is 0 Å². The van der Waals surface area contributed by atoms with Crippen LogP contribution in [-0.4, -0.2) is 63.3 Å². The maximum atomic E-state index is 5.33. The van der Waals surface area contributed by atoms with E-state index in [4.69, 9.17) is 4.74 Å². The van der Waals surface area contributed by atoms with Gasteiger partial charge in [0.25, 0.3) is 0 Å². The van der Waals surface area contributed by atoms with Gasteiger partial charge in [-0.2, -0.15) is 0 Å². The third-order valence-corrected chi connectivity index (χ3v) is 3.39. The Kier molecular flexibility index (Phi) is 10.5. The first-order valence-corrected chi connectivity index (χ1v) is 7.71. The van der Waals surface area contributed by atoms with Crippen molar-refractivity contribution >= 4 is 5.96 Å². The van der Waals surface area contributed by atoms with E-state index in [0.717, 1.165) is 51.6 Å². The molecule has 0 aromatic rings. The third-order valence-electron chi connectivity index (χ3n) is 3.39. The van der Waals surface area contributed by atoms with Crippen molar-refractivity contribution in [3.8, 4) is 0 Å². The number of unbranched alkanes of at least 4 members (excludes halogenated alkanes) is 1. The average molecular weight is 286 g/mol. The lowest BCUT2D eigenvalue weighted by Gasteiger charge is -2.31. The summed E-state index contributed by atoms with van der Waals surface area (Å²) < 4.78 is 5.33. The highest BCUT2D eigenvalue weighted by molar-refractivity contribution is 5.79. The number of likely N-dealkylation sites (N-methyl/N-ethyl adjacent to an activating group) is 1. The van der Waals surface area contributed by atoms with E-state index in [1.54, 1.807) is 0 Å². The Morgan fingerprint density at radius 3 is 2.40 bits per heavy atom. The molecule has 0 atom stereocenters. The molecule has 0 aromatic heterocycles. The van der Waals surface area contributed by atoms with Gasteiger partial charge in [0, 0.05) is 31.8 Å². The molecule has 0 aliphatic rings. The summed E-state index contributed by atoms with van der Waals surface area (Å²) >= 11 is 0. The SMILES string of the molecule is CCNC(=NCC(C)(C)N(C)C)NCCCCOCC. The molecule has 0 aliphatic carbocycles. The van der Waals surface area contributed by atoms with Crippen LogP contribution in [0.2, 0.25) is 0 Å². The smallest absolute Gasteiger partial charge is 0.191 e. The molecule has 0 fully saturated rings. The van der Waals surface area contributed by atoms with Gasteiger partial charge in [-0.25, -0.2) is 0 Å². The van der Waals surface area contributed by atoms with Gasteiger partial charge in [0.05, 0.1) is 6.54 Å². The van der Waals surface area contributed by atoms with Gasteiger partial charge < -0.3 is 20.3 Å². The van der Waals surface area contributed by atoms with E-state index in [1.807, 2.05) is 6.92 Å². The maximum Gasteiger partial charge on any atom is 0.191 e. The van der Waals surface area contributed by atoms with Crippen molar-refractivity contribution in [3.63, 3.8) is 0 Å². The maximum absolute atomic E-state index is 5.33. The van der Waals surface area contributed by atoms with Crippen molar-refractivity contribution in [2.24, 2.45) is 4.99 Å². The number of guanidine groups is 1. The predicted molar refractivity (Wildman–Crippen MR) is 87.5 cm³/mol. The highest BCUT2D eigenvalue weighted by atomic mass is 16.5. The number of rotatable bonds is 10. The summed E-state index contributed by atoms with van der Waals surface area (Å²) in [6.07, 6.45) is 2.19. The number of nitrogens with one attached hydrogen (secondary N) is 2. The highest BCUT2D eigenvalue weighted by Crippen LogP contribution is 2.09. The van der Waals surface area contributed by atoms with Crippen LogP contribution in [0.5, 0.6) is 0 Å². The van der Waals surface area contributed by atoms with Crippen molar-refractivity contribution in [2.45, 2.75) is 46.1 Å². The molecule has 2 N–H and O–H groups in total. The summed E-state index contributed by atoms with van der Waals surface area (Å²) in [6.45, 7) is 12.7. The van der Waals surface area contributed by atoms with Crippen molar-refractivity contribution in [1.82, 2.24) is 15.5 Å². The van der Waals surface area contributed by atoms with Gasteiger partial charge in [-0.05, 0) is 54.6 Å². The van der Waals surface area contributed by atoms with Crippen LogP contribution >= 0.6 is 0 Å². The Hall–Kier alpha value is -0.810. The van der Waals surface area contributed by atoms with Crippen LogP contribution in [0.4, 0.5) is 0 Å². The van der Waals surface area contributed by atoms with Crippen LogP contribution < -0.4 is 10.6 Å². The molecule has 0 bridgehead atoms. The Morgan fingerprint density at radius 2 is 1.85 bits per heavy atom. The van der Waals surface area contributed by atoms with E-state index in [1.165, 1.54) is 0 Å². The van der Waals surface area contributed by atoms with Crippen molar-refractivity contribution in [3.05, 3.63) is 0 Å². The lowest BCUT2D eigenvalue weighted by Crippen LogP contribution is -2.44. The second-order valence-electron chi connectivity index (χ2n) is 5.73. The fourth-order valence-electron chi connectivity index (χ4n) is 1.44. The zero-order valence-corrected chi connectivity index (χ0v) is 14.3. The molecule has 0 radical (unpaired) electrons. The fraction of sp³-hybridized carbons (Fsp3) is 0.933. The summed E-state index contributed by atoms with van der Waals surface area (Å²) in [5.41, 5.74) is 0.0668. The molecular formula is C15H34N4O. The summed E-state index contributed by atoms with van der Waals surface area (Å²) in [5, 5.41) is 6.66. The second-order valence-corrected chi connectivity index (χ2v) is 5.73. The molecule has 5 heteroatoms. The van der Waals surface area contributed by atoms with Crippen LogP contribution in [0.1, 0.15) is 40.5 Å². The molecule has 0 aliphatic heterocycles. The van der Waals surface area contributed by atoms with Crippen molar-refractivity contribution < 1.29 is 4.74 Å². The number of hydrogen-bond donors (Lipinski definition) is 2. The molecule has 120 valence electrons. The summed E-state index contributed by atoms with van der Waals surface area (Å²) in [4.78, 5) is 6.86. The minimum Gasteiger partial charge on any atom is -0.382 e. The minimum absolute atomic E-state index is 0.0668. The zero-order chi connectivity index (χ0) is 15.4. The average Bonchev–Trinajstić information content (AvgIpc) is 2.39. The molecule has 0 spiro atoms. The van der Waals surface area contributed by atoms with E-state index in [9.17, 15) is 0 Å². The second kappa shape index (κ2) is 10.9. The number of hydrogen-bond acceptors (Lipinski definition) is 3. The Morgan fingerprint density at radius 1 is 1.15 bits per heavy atom. The summed E-state index contributed by atoms with van der Waals surface area (Å²) in [5.74, 6) is 0.902. The molecular weight excluding hydrogens is 252 g/mol. The number of aliphatic imine (C=N–C) groups is 1. The van der Waals surface area contributed by atoms with Gasteiger partial charge in [0.2, 0.25) is 0 Å². The first kappa shape index (κ1) is 19.2. The first-order chi connectivity index (χ1) is 9.44. The van der Waals surface area contributed by atoms with Gasteiger partial charge in [0.1, 0.15) is 0 Å². The molecule has 0 amide bonds. The van der Waals surface area contributed by atoms with E-state index in [0.29, 0.717) is 0 Å². The van der Waals surface area contributed by atoms with Crippen molar-refractivity contribution in [1.29, 1.82) is 0 Å². The topological polar surface area (TPSA) is 48.9 Å². The van der Waals surface area contributed by atoms with Crippen LogP contribution in [0.25, 0.3) is 0 Å². The Labute approximate surface area is 125 Å². The van der Waals surface area contributed by atoms with Gasteiger partial charge in [-0.3, -0.25) is 4.99 Å². The third kappa shape index (κ3) is 9.15. The van der Waals surface area contributed by atoms with Gasteiger partial charge in [0.15, 0.2) is 5.96 Å². The highest BCUT2D eigenvalue weighted by Gasteiger charge is 2.19. The first-order valence-electron chi connectivity index (χ1n) is 7.71. The molecule has 0 rings (SSSR count). The molecule has 0 heterocycles. The zero-order valence-electron chi connectivity index (χ0n) is 14.3. The van der Waals surface area contributed by atoms with Crippen LogP contribution in [-0.2, 0) is 4.74 Å². The standard InChI is InChI=1S/C15H34N4O/c1-7-16-14(17-11-9-10-12-20-8-2)18-13-15(3,4)19(5)6/h7-13H2,1-6H3,(H2,16,17,18). The monoisotopic (exact) mass is 286 g/mol. The van der Waals surface area contributed by atoms with Gasteiger partial charge in [-0.15, -0.1) is 0 Å². The number of ether oxygens (including phenoxy) is 1. The normalized spacial score (nSPS) is 12.8. The fourth-order valence-corrected chi connectivity index (χ4v) is 1.44. The summed E-state index contributed by atoms with van der Waals surface area (Å²) in [7, 11) is 4.17. The molecule has 0 aromatic carbocycles. The van der Waals surface area contributed by atoms with Gasteiger partial charge in [-0.1, -0.05) is 0 Å². The van der Waals surface area contributed by atoms with E-state index >= 15 is 0 Å². The number of nitrogens with zero attached hydrogens (tertiary/aromatic N) is 2. The van der Waals surface area contributed by atoms with E-state index in [2.05, 4.69) is 55.4 Å². The molecule has 5 nitrogen and oxygen atoms in total. The van der Waals surface area contributed by atoms with Crippen LogP contribution in [0.3, 0.4) is 0 Å². The molecule has 0 unspecified atom stereocenters. The van der Waals surface area contributed by atoms with E-state index in [-0.39, 0.29) is 5.54 Å². The lowest BCUT2D eigenvalue weighted by molar-refractivity contribution is 0.143. The molecule has 0 saturated carbocycles. The van der Waals surface area contributed by atoms with E-state index < -0.39 is 0 Å². The predicted octanol–water partition coefficient (Wildman–Crippen LogP) is 1.70. The summed E-state index contributed by atoms with van der Waals surface area (Å²) in [6, 6.07) is 0. The van der Waals surface area contributed by atoms with Crippen LogP contribution in [0.15, 0.2) is 4.99 Å². The Bertz CT molecular complexity index is 265. The quantitative estimate of drug-likeness (QED) is 0.365. The molecule has 0 saturated heterocycles. The molecule has 20 heavy (non-hydrogen) atoms. The minimum atomic E-state index is 0.0668. The van der Waals surface area contributed by atoms with Crippen LogP contribution in [0, 0.1) is 0 Å².